The van der Waals surface area contributed by atoms with Crippen LogP contribution in [0.15, 0.2) is 24.3 Å². The van der Waals surface area contributed by atoms with E-state index in [1.807, 2.05) is 17.8 Å². The predicted molar refractivity (Wildman–Crippen MR) is 77.3 cm³/mol. The number of nitrogens with zero attached hydrogens (tertiary/aromatic N) is 2. The lowest BCUT2D eigenvalue weighted by Crippen LogP contribution is -2.12. The van der Waals surface area contributed by atoms with E-state index < -0.39 is 0 Å². The molecule has 0 saturated heterocycles. The maximum atomic E-state index is 5.86. The number of halogens is 1. The summed E-state index contributed by atoms with van der Waals surface area (Å²) >= 11 is 7.72. The molecule has 1 atom stereocenters. The summed E-state index contributed by atoms with van der Waals surface area (Å²) in [5.74, 6) is 2.81. The Morgan fingerprint density at radius 2 is 2.18 bits per heavy atom. The molecular weight excluding hydrogens is 252 g/mol. The van der Waals surface area contributed by atoms with Gasteiger partial charge in [-0.05, 0) is 25.3 Å². The van der Waals surface area contributed by atoms with Crippen LogP contribution in [0.1, 0.15) is 18.8 Å². The molecule has 0 amide bonds. The largest absolute Gasteiger partial charge is 0.324 e. The topological polar surface area (TPSA) is 17.8 Å². The van der Waals surface area contributed by atoms with E-state index >= 15 is 0 Å². The highest BCUT2D eigenvalue weighted by atomic mass is 35.5. The summed E-state index contributed by atoms with van der Waals surface area (Å²) in [6.07, 6.45) is 2.96. The summed E-state index contributed by atoms with van der Waals surface area (Å²) in [5.41, 5.74) is 2.29. The third kappa shape index (κ3) is 2.61. The molecule has 4 heteroatoms. The Hall–Kier alpha value is -0.670. The van der Waals surface area contributed by atoms with Crippen LogP contribution in [0.5, 0.6) is 0 Å². The van der Waals surface area contributed by atoms with Gasteiger partial charge in [0.1, 0.15) is 5.82 Å². The number of thioether (sulfide) groups is 1. The van der Waals surface area contributed by atoms with Crippen molar-refractivity contribution in [3.05, 3.63) is 30.1 Å². The second kappa shape index (κ2) is 5.78. The number of hydrogen-bond acceptors (Lipinski definition) is 2. The van der Waals surface area contributed by atoms with Crippen molar-refractivity contribution in [2.24, 2.45) is 0 Å². The van der Waals surface area contributed by atoms with Gasteiger partial charge in [-0.1, -0.05) is 12.1 Å². The maximum absolute atomic E-state index is 5.86. The number of benzene rings is 1. The Labute approximate surface area is 111 Å². The third-order valence-electron chi connectivity index (χ3n) is 2.84. The van der Waals surface area contributed by atoms with E-state index in [0.717, 1.165) is 23.5 Å². The zero-order valence-electron chi connectivity index (χ0n) is 10.2. The first kappa shape index (κ1) is 12.8. The molecule has 1 unspecified atom stereocenters. The molecule has 17 heavy (non-hydrogen) atoms. The smallest absolute Gasteiger partial charge is 0.111 e. The van der Waals surface area contributed by atoms with E-state index in [2.05, 4.69) is 40.9 Å². The molecule has 1 aromatic carbocycles. The van der Waals surface area contributed by atoms with Gasteiger partial charge in [0.25, 0.3) is 0 Å². The maximum Gasteiger partial charge on any atom is 0.111 e. The van der Waals surface area contributed by atoms with Gasteiger partial charge in [-0.15, -0.1) is 11.6 Å². The van der Waals surface area contributed by atoms with Crippen LogP contribution in [0.2, 0.25) is 0 Å². The molecule has 0 aliphatic rings. The molecule has 1 aromatic heterocycles. The van der Waals surface area contributed by atoms with Crippen LogP contribution in [-0.2, 0) is 6.42 Å². The summed E-state index contributed by atoms with van der Waals surface area (Å²) in [7, 11) is 0. The average molecular weight is 269 g/mol. The first-order chi connectivity index (χ1) is 8.27. The Balaban J connectivity index is 2.51. The Kier molecular flexibility index (Phi) is 4.35. The molecule has 2 nitrogen and oxygen atoms in total. The van der Waals surface area contributed by atoms with Crippen LogP contribution in [0.4, 0.5) is 0 Å². The molecule has 2 rings (SSSR count). The highest BCUT2D eigenvalue weighted by Crippen LogP contribution is 2.23. The van der Waals surface area contributed by atoms with Crippen molar-refractivity contribution in [3.8, 4) is 0 Å². The van der Waals surface area contributed by atoms with Crippen molar-refractivity contribution in [1.29, 1.82) is 0 Å². The van der Waals surface area contributed by atoms with E-state index in [1.165, 1.54) is 5.52 Å². The predicted octanol–water partition coefficient (Wildman–Crippen LogP) is 3.74. The van der Waals surface area contributed by atoms with Crippen LogP contribution >= 0.6 is 23.4 Å². The van der Waals surface area contributed by atoms with Crippen molar-refractivity contribution in [3.63, 3.8) is 0 Å². The summed E-state index contributed by atoms with van der Waals surface area (Å²) in [4.78, 5) is 4.67. The van der Waals surface area contributed by atoms with E-state index in [9.17, 15) is 0 Å². The number of hydrogen-bond donors (Lipinski definition) is 0. The molecule has 0 N–H and O–H groups in total. The lowest BCUT2D eigenvalue weighted by molar-refractivity contribution is 0.597. The summed E-state index contributed by atoms with van der Waals surface area (Å²) < 4.78 is 2.33. The Morgan fingerprint density at radius 3 is 2.88 bits per heavy atom. The zero-order valence-corrected chi connectivity index (χ0v) is 11.8. The van der Waals surface area contributed by atoms with Gasteiger partial charge in [-0.25, -0.2) is 4.98 Å². The SMILES string of the molecule is CSCC(C)n1c(CCCl)nc2ccccc21. The van der Waals surface area contributed by atoms with Crippen molar-refractivity contribution < 1.29 is 0 Å². The molecule has 92 valence electrons. The van der Waals surface area contributed by atoms with Crippen molar-refractivity contribution in [1.82, 2.24) is 9.55 Å². The van der Waals surface area contributed by atoms with Crippen LogP contribution in [0.25, 0.3) is 11.0 Å². The van der Waals surface area contributed by atoms with Crippen molar-refractivity contribution >= 4 is 34.4 Å². The Morgan fingerprint density at radius 1 is 1.41 bits per heavy atom. The fraction of sp³-hybridized carbons (Fsp3) is 0.462. The monoisotopic (exact) mass is 268 g/mol. The van der Waals surface area contributed by atoms with Gasteiger partial charge in [0, 0.05) is 24.1 Å². The normalized spacial score (nSPS) is 13.1. The molecule has 0 aliphatic heterocycles. The van der Waals surface area contributed by atoms with Gasteiger partial charge in [0.05, 0.1) is 11.0 Å². The minimum Gasteiger partial charge on any atom is -0.324 e. The zero-order chi connectivity index (χ0) is 12.3. The second-order valence-corrected chi connectivity index (χ2v) is 5.42. The first-order valence-corrected chi connectivity index (χ1v) is 7.71. The van der Waals surface area contributed by atoms with E-state index in [0.29, 0.717) is 11.9 Å². The molecule has 0 radical (unpaired) electrons. The fourth-order valence-electron chi connectivity index (χ4n) is 2.16. The lowest BCUT2D eigenvalue weighted by Gasteiger charge is -2.16. The number of aryl methyl sites for hydroxylation is 1. The van der Waals surface area contributed by atoms with E-state index in [4.69, 9.17) is 11.6 Å². The molecule has 0 bridgehead atoms. The minimum atomic E-state index is 0.454. The van der Waals surface area contributed by atoms with Crippen LogP contribution < -0.4 is 0 Å². The molecule has 0 fully saturated rings. The lowest BCUT2D eigenvalue weighted by atomic mass is 10.3. The van der Waals surface area contributed by atoms with Gasteiger partial charge in [0.15, 0.2) is 0 Å². The quantitative estimate of drug-likeness (QED) is 0.769. The molecule has 2 aromatic rings. The number of fused-ring (bicyclic) bond motifs is 1. The van der Waals surface area contributed by atoms with Crippen LogP contribution in [-0.4, -0.2) is 27.4 Å². The number of rotatable bonds is 5. The standard InChI is InChI=1S/C13H17ClN2S/c1-10(9-17-2)16-12-6-4-3-5-11(12)15-13(16)7-8-14/h3-6,10H,7-9H2,1-2H3. The van der Waals surface area contributed by atoms with Crippen molar-refractivity contribution in [2.75, 3.05) is 17.9 Å². The minimum absolute atomic E-state index is 0.454. The fourth-order valence-corrected chi connectivity index (χ4v) is 2.96. The van der Waals surface area contributed by atoms with E-state index in [1.54, 1.807) is 0 Å². The highest BCUT2D eigenvalue weighted by Gasteiger charge is 2.14. The molecule has 1 heterocycles. The molecular formula is C13H17ClN2S. The third-order valence-corrected chi connectivity index (χ3v) is 3.84. The average Bonchev–Trinajstić information content (AvgIpc) is 2.67. The number of aromatic nitrogens is 2. The van der Waals surface area contributed by atoms with Gasteiger partial charge in [-0.2, -0.15) is 11.8 Å². The first-order valence-electron chi connectivity index (χ1n) is 5.78. The van der Waals surface area contributed by atoms with Crippen LogP contribution in [0, 0.1) is 0 Å². The number of imidazole rings is 1. The van der Waals surface area contributed by atoms with Crippen molar-refractivity contribution in [2.45, 2.75) is 19.4 Å². The summed E-state index contributed by atoms with van der Waals surface area (Å²) in [6.45, 7) is 2.24. The Bertz CT molecular complexity index is 495. The molecule has 0 saturated carbocycles. The highest BCUT2D eigenvalue weighted by molar-refractivity contribution is 7.98. The molecule has 0 aliphatic carbocycles. The van der Waals surface area contributed by atoms with Gasteiger partial charge in [-0.3, -0.25) is 0 Å². The number of alkyl halides is 1. The summed E-state index contributed by atoms with van der Waals surface area (Å²) in [5, 5.41) is 0. The van der Waals surface area contributed by atoms with Gasteiger partial charge < -0.3 is 4.57 Å². The molecule has 0 spiro atoms. The van der Waals surface area contributed by atoms with Gasteiger partial charge >= 0.3 is 0 Å². The van der Waals surface area contributed by atoms with Crippen LogP contribution in [0.3, 0.4) is 0 Å². The number of para-hydroxylation sites is 2. The summed E-state index contributed by atoms with van der Waals surface area (Å²) in [6, 6.07) is 8.75. The van der Waals surface area contributed by atoms with E-state index in [-0.39, 0.29) is 0 Å². The van der Waals surface area contributed by atoms with Gasteiger partial charge in [0.2, 0.25) is 0 Å². The second-order valence-electron chi connectivity index (χ2n) is 4.13.